The predicted molar refractivity (Wildman–Crippen MR) is 102 cm³/mol. The maximum Gasteiger partial charge on any atom is 0.321 e. The molecule has 0 fully saturated rings. The van der Waals surface area contributed by atoms with Crippen LogP contribution in [-0.2, 0) is 17.8 Å². The number of carboxylic acids is 1. The first-order chi connectivity index (χ1) is 14.1. The first kappa shape index (κ1) is 18.9. The van der Waals surface area contributed by atoms with Crippen LogP contribution in [0, 0.1) is 5.82 Å². The van der Waals surface area contributed by atoms with E-state index in [2.05, 4.69) is 15.3 Å². The normalized spacial score (nSPS) is 18.1. The van der Waals surface area contributed by atoms with Crippen molar-refractivity contribution in [3.05, 3.63) is 77.1 Å². The summed E-state index contributed by atoms with van der Waals surface area (Å²) in [4.78, 5) is 18.9. The molecule has 0 saturated heterocycles. The minimum Gasteiger partial charge on any atom is -0.496 e. The van der Waals surface area contributed by atoms with Crippen LogP contribution < -0.4 is 14.8 Å². The number of fused-ring (bicyclic) bond motifs is 1. The van der Waals surface area contributed by atoms with E-state index in [-0.39, 0.29) is 12.4 Å². The molecule has 0 aliphatic carbocycles. The van der Waals surface area contributed by atoms with Crippen LogP contribution in [0.1, 0.15) is 28.6 Å². The van der Waals surface area contributed by atoms with Gasteiger partial charge in [0, 0.05) is 17.7 Å². The number of benzene rings is 2. The number of carboxylic acid groups (broad SMARTS) is 1. The lowest BCUT2D eigenvalue weighted by Crippen LogP contribution is -2.45. The van der Waals surface area contributed by atoms with E-state index in [9.17, 15) is 14.3 Å². The van der Waals surface area contributed by atoms with Gasteiger partial charge in [0.05, 0.1) is 25.2 Å². The van der Waals surface area contributed by atoms with Crippen LogP contribution in [0.25, 0.3) is 0 Å². The van der Waals surface area contributed by atoms with E-state index in [0.29, 0.717) is 17.7 Å². The predicted octanol–water partition coefficient (Wildman–Crippen LogP) is 2.82. The number of para-hydroxylation sites is 1. The summed E-state index contributed by atoms with van der Waals surface area (Å²) in [5.41, 5.74) is 3.08. The molecule has 0 bridgehead atoms. The Morgan fingerprint density at radius 3 is 2.86 bits per heavy atom. The Hall–Kier alpha value is -3.39. The summed E-state index contributed by atoms with van der Waals surface area (Å²) in [7, 11) is 1.55. The van der Waals surface area contributed by atoms with Gasteiger partial charge in [-0.3, -0.25) is 10.1 Å². The molecule has 1 aliphatic rings. The summed E-state index contributed by atoms with van der Waals surface area (Å²) < 4.78 is 24.9. The summed E-state index contributed by atoms with van der Waals surface area (Å²) in [6.07, 6.45) is 1.90. The van der Waals surface area contributed by atoms with Crippen molar-refractivity contribution in [3.8, 4) is 11.5 Å². The van der Waals surface area contributed by atoms with Crippen molar-refractivity contribution in [2.45, 2.75) is 25.1 Å². The number of aromatic amines is 1. The van der Waals surface area contributed by atoms with E-state index in [1.807, 2.05) is 12.1 Å². The van der Waals surface area contributed by atoms with Crippen LogP contribution in [0.5, 0.6) is 11.5 Å². The number of nitrogens with one attached hydrogen (secondary N) is 2. The number of methoxy groups -OCH3 is 1. The van der Waals surface area contributed by atoms with E-state index < -0.39 is 23.9 Å². The lowest BCUT2D eigenvalue weighted by molar-refractivity contribution is -0.139. The summed E-state index contributed by atoms with van der Waals surface area (Å²) in [5, 5.41) is 12.6. The molecule has 29 heavy (non-hydrogen) atoms. The van der Waals surface area contributed by atoms with Crippen molar-refractivity contribution in [1.82, 2.24) is 15.3 Å². The largest absolute Gasteiger partial charge is 0.496 e. The quantitative estimate of drug-likeness (QED) is 0.592. The van der Waals surface area contributed by atoms with Gasteiger partial charge in [0.15, 0.2) is 11.6 Å². The Balaban J connectivity index is 1.64. The van der Waals surface area contributed by atoms with E-state index in [4.69, 9.17) is 9.47 Å². The first-order valence-corrected chi connectivity index (χ1v) is 9.12. The monoisotopic (exact) mass is 397 g/mol. The maximum absolute atomic E-state index is 13.9. The Morgan fingerprint density at radius 1 is 1.28 bits per heavy atom. The van der Waals surface area contributed by atoms with Crippen LogP contribution in [0.4, 0.5) is 4.39 Å². The zero-order valence-electron chi connectivity index (χ0n) is 15.7. The summed E-state index contributed by atoms with van der Waals surface area (Å²) in [6.45, 7) is 0.0977. The second kappa shape index (κ2) is 7.92. The average Bonchev–Trinajstić information content (AvgIpc) is 3.21. The zero-order valence-corrected chi connectivity index (χ0v) is 15.7. The number of rotatable bonds is 6. The van der Waals surface area contributed by atoms with Crippen LogP contribution >= 0.6 is 0 Å². The highest BCUT2D eigenvalue weighted by molar-refractivity contribution is 5.74. The molecular formula is C21H20FN3O4. The highest BCUT2D eigenvalue weighted by Gasteiger charge is 2.33. The third kappa shape index (κ3) is 3.79. The van der Waals surface area contributed by atoms with Crippen molar-refractivity contribution in [2.75, 3.05) is 7.11 Å². The van der Waals surface area contributed by atoms with Gasteiger partial charge >= 0.3 is 5.97 Å². The molecule has 2 aromatic carbocycles. The fourth-order valence-corrected chi connectivity index (χ4v) is 3.51. The lowest BCUT2D eigenvalue weighted by Gasteiger charge is -2.28. The zero-order chi connectivity index (χ0) is 20.4. The number of ether oxygens (including phenoxy) is 2. The van der Waals surface area contributed by atoms with Gasteiger partial charge in [-0.2, -0.15) is 0 Å². The maximum atomic E-state index is 13.9. The van der Waals surface area contributed by atoms with Crippen molar-refractivity contribution in [1.29, 1.82) is 0 Å². The molecular weight excluding hydrogens is 377 g/mol. The number of carbonyl (C=O) groups is 1. The number of imidazole rings is 1. The van der Waals surface area contributed by atoms with Crippen molar-refractivity contribution in [2.24, 2.45) is 0 Å². The molecule has 0 unspecified atom stereocenters. The van der Waals surface area contributed by atoms with Gasteiger partial charge in [-0.25, -0.2) is 9.37 Å². The molecule has 0 radical (unpaired) electrons. The van der Waals surface area contributed by atoms with Crippen molar-refractivity contribution < 1.29 is 23.8 Å². The molecule has 7 nitrogen and oxygen atoms in total. The van der Waals surface area contributed by atoms with Crippen LogP contribution in [0.3, 0.4) is 0 Å². The van der Waals surface area contributed by atoms with E-state index in [0.717, 1.165) is 17.0 Å². The number of H-pyrrole nitrogens is 1. The molecule has 3 aromatic rings. The number of hydrogen-bond donors (Lipinski definition) is 3. The first-order valence-electron chi connectivity index (χ1n) is 9.12. The van der Waals surface area contributed by atoms with Crippen LogP contribution in [-0.4, -0.2) is 34.2 Å². The molecule has 1 aromatic heterocycles. The van der Waals surface area contributed by atoms with Gasteiger partial charge in [-0.1, -0.05) is 18.2 Å². The minimum atomic E-state index is -0.924. The van der Waals surface area contributed by atoms with E-state index in [1.54, 1.807) is 37.7 Å². The van der Waals surface area contributed by atoms with Gasteiger partial charge < -0.3 is 19.6 Å². The highest BCUT2D eigenvalue weighted by Crippen LogP contribution is 2.32. The van der Waals surface area contributed by atoms with Gasteiger partial charge in [-0.05, 0) is 29.8 Å². The molecule has 0 spiro atoms. The second-order valence-electron chi connectivity index (χ2n) is 6.75. The van der Waals surface area contributed by atoms with Crippen LogP contribution in [0.2, 0.25) is 0 Å². The summed E-state index contributed by atoms with van der Waals surface area (Å²) in [5.74, 6) is -0.622. The number of aromatic nitrogens is 2. The molecule has 2 atom stereocenters. The van der Waals surface area contributed by atoms with Gasteiger partial charge in [0.1, 0.15) is 18.4 Å². The fraction of sp³-hybridized carbons (Fsp3) is 0.238. The summed E-state index contributed by atoms with van der Waals surface area (Å²) >= 11 is 0. The summed E-state index contributed by atoms with van der Waals surface area (Å²) in [6, 6.07) is 10.6. The molecule has 3 N–H and O–H groups in total. The average molecular weight is 397 g/mol. The van der Waals surface area contributed by atoms with Crippen molar-refractivity contribution in [3.63, 3.8) is 0 Å². The lowest BCUT2D eigenvalue weighted by atomic mass is 9.93. The van der Waals surface area contributed by atoms with E-state index >= 15 is 0 Å². The number of halogens is 1. The Bertz CT molecular complexity index is 1040. The third-order valence-electron chi connectivity index (χ3n) is 4.96. The SMILES string of the molecule is COc1ccc([C@H]2N[C@@H](C(=O)O)Cc3[nH]cnc32)cc1COc1ccccc1F. The Labute approximate surface area is 166 Å². The molecule has 1 aliphatic heterocycles. The Morgan fingerprint density at radius 2 is 2.10 bits per heavy atom. The molecule has 2 heterocycles. The fourth-order valence-electron chi connectivity index (χ4n) is 3.51. The van der Waals surface area contributed by atoms with Gasteiger partial charge in [0.2, 0.25) is 0 Å². The molecule has 8 heteroatoms. The van der Waals surface area contributed by atoms with Crippen molar-refractivity contribution >= 4 is 5.97 Å². The topological polar surface area (TPSA) is 96.5 Å². The standard InChI is InChI=1S/C21H20FN3O4/c1-28-17-7-6-12(8-13(17)10-29-18-5-3-2-4-14(18)22)19-20-15(23-11-24-20)9-16(25-19)21(26)27/h2-8,11,16,19,25H,9-10H2,1H3,(H,23,24)(H,26,27)/t16-,19-/m1/s1. The van der Waals surface area contributed by atoms with Gasteiger partial charge in [-0.15, -0.1) is 0 Å². The van der Waals surface area contributed by atoms with E-state index in [1.165, 1.54) is 6.07 Å². The number of hydrogen-bond acceptors (Lipinski definition) is 5. The molecule has 4 rings (SSSR count). The molecule has 150 valence electrons. The molecule has 0 saturated carbocycles. The smallest absolute Gasteiger partial charge is 0.321 e. The number of aliphatic carboxylic acids is 1. The van der Waals surface area contributed by atoms with Crippen LogP contribution in [0.15, 0.2) is 48.8 Å². The second-order valence-corrected chi connectivity index (χ2v) is 6.75. The third-order valence-corrected chi connectivity index (χ3v) is 4.96. The molecule has 0 amide bonds. The highest BCUT2D eigenvalue weighted by atomic mass is 19.1. The van der Waals surface area contributed by atoms with Gasteiger partial charge in [0.25, 0.3) is 0 Å². The number of nitrogens with zero attached hydrogens (tertiary/aromatic N) is 1. The minimum absolute atomic E-state index is 0.0977. The Kier molecular flexibility index (Phi) is 5.18.